The van der Waals surface area contributed by atoms with Gasteiger partial charge in [0.2, 0.25) is 0 Å². The van der Waals surface area contributed by atoms with Gasteiger partial charge in [0, 0.05) is 32.6 Å². The zero-order chi connectivity index (χ0) is 15.8. The summed E-state index contributed by atoms with van der Waals surface area (Å²) in [6, 6.07) is 0. The fourth-order valence-electron chi connectivity index (χ4n) is 2.46. The molecule has 1 aromatic rings. The zero-order valence-electron chi connectivity index (χ0n) is 12.4. The predicted molar refractivity (Wildman–Crippen MR) is 81.4 cm³/mol. The van der Waals surface area contributed by atoms with E-state index in [0.29, 0.717) is 18.0 Å². The number of nitrogens with two attached hydrogens (primary N) is 1. The third kappa shape index (κ3) is 3.10. The van der Waals surface area contributed by atoms with E-state index >= 15 is 0 Å². The second kappa shape index (κ2) is 5.64. The summed E-state index contributed by atoms with van der Waals surface area (Å²) in [5.74, 6) is -0.504. The summed E-state index contributed by atoms with van der Waals surface area (Å²) in [5.41, 5.74) is 4.87. The molecule has 118 valence electrons. The highest BCUT2D eigenvalue weighted by molar-refractivity contribution is 7.86. The van der Waals surface area contributed by atoms with Crippen molar-refractivity contribution in [2.45, 2.75) is 25.2 Å². The van der Waals surface area contributed by atoms with Gasteiger partial charge in [-0.15, -0.1) is 11.3 Å². The number of hydrogen-bond acceptors (Lipinski definition) is 5. The van der Waals surface area contributed by atoms with Gasteiger partial charge in [-0.1, -0.05) is 6.92 Å². The lowest BCUT2D eigenvalue weighted by Gasteiger charge is -2.39. The summed E-state index contributed by atoms with van der Waals surface area (Å²) >= 11 is 1.25. The van der Waals surface area contributed by atoms with Gasteiger partial charge in [-0.05, 0) is 12.8 Å². The van der Waals surface area contributed by atoms with Crippen LogP contribution >= 0.6 is 11.3 Å². The second-order valence-corrected chi connectivity index (χ2v) is 8.85. The van der Waals surface area contributed by atoms with Crippen molar-refractivity contribution in [3.63, 3.8) is 0 Å². The Bertz CT molecular complexity index is 641. The van der Waals surface area contributed by atoms with Crippen molar-refractivity contribution >= 4 is 27.5 Å². The van der Waals surface area contributed by atoms with E-state index in [-0.39, 0.29) is 5.41 Å². The van der Waals surface area contributed by atoms with E-state index in [9.17, 15) is 13.2 Å². The molecule has 1 saturated heterocycles. The number of carbonyl (C=O) groups excluding carboxylic acids is 1. The molecule has 7 nitrogen and oxygen atoms in total. The van der Waals surface area contributed by atoms with Gasteiger partial charge < -0.3 is 5.73 Å². The summed E-state index contributed by atoms with van der Waals surface area (Å²) < 4.78 is 27.2. The van der Waals surface area contributed by atoms with Crippen LogP contribution < -0.4 is 5.73 Å². The fraction of sp³-hybridized carbons (Fsp3) is 0.667. The summed E-state index contributed by atoms with van der Waals surface area (Å²) in [6.07, 6.45) is 3.06. The Hall–Kier alpha value is -1.03. The maximum absolute atomic E-state index is 12.3. The predicted octanol–water partition coefficient (Wildman–Crippen LogP) is 0.402. The summed E-state index contributed by atoms with van der Waals surface area (Å²) in [4.78, 5) is 15.9. The first-order chi connectivity index (χ1) is 9.67. The molecule has 2 N–H and O–H groups in total. The highest BCUT2D eigenvalue weighted by Gasteiger charge is 2.40. The van der Waals surface area contributed by atoms with Crippen molar-refractivity contribution < 1.29 is 13.2 Å². The molecule has 2 heterocycles. The van der Waals surface area contributed by atoms with E-state index in [1.807, 2.05) is 6.92 Å². The lowest BCUT2D eigenvalue weighted by molar-refractivity contribution is 0.100. The van der Waals surface area contributed by atoms with Crippen molar-refractivity contribution in [1.29, 1.82) is 0 Å². The minimum atomic E-state index is -3.44. The molecule has 1 aromatic heterocycles. The summed E-state index contributed by atoms with van der Waals surface area (Å²) in [5, 5.41) is 0.759. The smallest absolute Gasteiger partial charge is 0.281 e. The molecular weight excluding hydrogens is 312 g/mol. The minimum absolute atomic E-state index is 0.360. The van der Waals surface area contributed by atoms with E-state index in [0.717, 1.165) is 17.8 Å². The Morgan fingerprint density at radius 1 is 1.52 bits per heavy atom. The molecule has 0 spiro atoms. The van der Waals surface area contributed by atoms with Crippen LogP contribution in [0.2, 0.25) is 0 Å². The molecule has 1 amide bonds. The lowest BCUT2D eigenvalue weighted by Crippen LogP contribution is -2.50. The first-order valence-electron chi connectivity index (χ1n) is 6.60. The molecule has 9 heteroatoms. The van der Waals surface area contributed by atoms with Crippen LogP contribution in [0.1, 0.15) is 34.4 Å². The Balaban J connectivity index is 2.28. The van der Waals surface area contributed by atoms with Crippen LogP contribution in [0.4, 0.5) is 0 Å². The first kappa shape index (κ1) is 16.3. The van der Waals surface area contributed by atoms with Gasteiger partial charge in [-0.2, -0.15) is 17.0 Å². The minimum Gasteiger partial charge on any atom is -0.365 e. The molecule has 0 aromatic carbocycles. The third-order valence-corrected chi connectivity index (χ3v) is 6.92. The maximum atomic E-state index is 12.3. The molecule has 0 aliphatic carbocycles. The van der Waals surface area contributed by atoms with Crippen molar-refractivity contribution in [1.82, 2.24) is 13.6 Å². The topological polar surface area (TPSA) is 96.6 Å². The van der Waals surface area contributed by atoms with Crippen LogP contribution in [0.3, 0.4) is 0 Å². The molecule has 1 aliphatic heterocycles. The van der Waals surface area contributed by atoms with Gasteiger partial charge in [0.25, 0.3) is 16.1 Å². The largest absolute Gasteiger partial charge is 0.365 e. The maximum Gasteiger partial charge on any atom is 0.281 e. The number of hydrogen-bond donors (Lipinski definition) is 1. The molecule has 0 radical (unpaired) electrons. The van der Waals surface area contributed by atoms with Gasteiger partial charge in [0.05, 0.1) is 6.20 Å². The van der Waals surface area contributed by atoms with E-state index in [1.165, 1.54) is 40.2 Å². The molecular formula is C12H20N4O3S2. The molecule has 0 bridgehead atoms. The van der Waals surface area contributed by atoms with Crippen molar-refractivity contribution in [3.05, 3.63) is 16.1 Å². The van der Waals surface area contributed by atoms with Crippen molar-refractivity contribution in [2.75, 3.05) is 27.2 Å². The summed E-state index contributed by atoms with van der Waals surface area (Å²) in [7, 11) is -0.389. The Morgan fingerprint density at radius 2 is 2.19 bits per heavy atom. The number of nitrogens with zero attached hydrogens (tertiary/aromatic N) is 3. The number of piperidine rings is 1. The van der Waals surface area contributed by atoms with E-state index in [2.05, 4.69) is 4.98 Å². The average molecular weight is 332 g/mol. The normalized spacial score (nSPS) is 24.4. The summed E-state index contributed by atoms with van der Waals surface area (Å²) in [6.45, 7) is 2.84. The quantitative estimate of drug-likeness (QED) is 0.863. The number of aromatic nitrogens is 1. The molecule has 0 saturated carbocycles. The Labute approximate surface area is 128 Å². The van der Waals surface area contributed by atoms with Gasteiger partial charge in [-0.25, -0.2) is 4.98 Å². The number of carbonyl (C=O) groups is 1. The second-order valence-electron chi connectivity index (χ2n) is 5.68. The van der Waals surface area contributed by atoms with E-state index in [1.54, 1.807) is 0 Å². The fourth-order valence-corrected chi connectivity index (χ4v) is 4.66. The SMILES string of the molecule is CN(C)S(=O)(=O)N1CCC[C@@](C)(c2ncc(C(N)=O)s2)C1. The monoisotopic (exact) mass is 332 g/mol. The van der Waals surface area contributed by atoms with Crippen molar-refractivity contribution in [3.8, 4) is 0 Å². The van der Waals surface area contributed by atoms with E-state index < -0.39 is 16.1 Å². The van der Waals surface area contributed by atoms with Crippen LogP contribution in [-0.4, -0.2) is 55.1 Å². The standard InChI is InChI=1S/C12H20N4O3S2/c1-12(11-14-7-9(20-11)10(13)17)5-4-6-16(8-12)21(18,19)15(2)3/h7H,4-6,8H2,1-3H3,(H2,13,17)/t12-/m1/s1. The Kier molecular flexibility index (Phi) is 4.39. The molecule has 2 rings (SSSR count). The van der Waals surface area contributed by atoms with Gasteiger partial charge in [0.1, 0.15) is 9.88 Å². The number of rotatable bonds is 4. The molecule has 21 heavy (non-hydrogen) atoms. The van der Waals surface area contributed by atoms with Crippen LogP contribution in [0.25, 0.3) is 0 Å². The van der Waals surface area contributed by atoms with Crippen molar-refractivity contribution in [2.24, 2.45) is 5.73 Å². The van der Waals surface area contributed by atoms with Gasteiger partial charge >= 0.3 is 0 Å². The molecule has 0 unspecified atom stereocenters. The Morgan fingerprint density at radius 3 is 2.71 bits per heavy atom. The number of thiazole rings is 1. The van der Waals surface area contributed by atoms with E-state index in [4.69, 9.17) is 5.73 Å². The molecule has 1 atom stereocenters. The highest BCUT2D eigenvalue weighted by atomic mass is 32.2. The van der Waals surface area contributed by atoms with Crippen LogP contribution in [-0.2, 0) is 15.6 Å². The molecule has 1 fully saturated rings. The van der Waals surface area contributed by atoms with Crippen LogP contribution in [0.5, 0.6) is 0 Å². The third-order valence-electron chi connectivity index (χ3n) is 3.71. The lowest BCUT2D eigenvalue weighted by atomic mass is 9.83. The number of primary amides is 1. The first-order valence-corrected chi connectivity index (χ1v) is 8.82. The van der Waals surface area contributed by atoms with Gasteiger partial charge in [-0.3, -0.25) is 4.79 Å². The van der Waals surface area contributed by atoms with Gasteiger partial charge in [0.15, 0.2) is 0 Å². The number of amides is 1. The highest BCUT2D eigenvalue weighted by Crippen LogP contribution is 2.37. The van der Waals surface area contributed by atoms with Crippen LogP contribution in [0, 0.1) is 0 Å². The molecule has 1 aliphatic rings. The zero-order valence-corrected chi connectivity index (χ0v) is 14.0. The average Bonchev–Trinajstić information content (AvgIpc) is 2.89. The van der Waals surface area contributed by atoms with Crippen LogP contribution in [0.15, 0.2) is 6.20 Å².